The third-order valence-corrected chi connectivity index (χ3v) is 2.11. The summed E-state index contributed by atoms with van der Waals surface area (Å²) in [6.45, 7) is 0. The van der Waals surface area contributed by atoms with Crippen LogP contribution in [0.25, 0.3) is 0 Å². The Morgan fingerprint density at radius 3 is 2.00 bits per heavy atom. The zero-order chi connectivity index (χ0) is 11.1. The second kappa shape index (κ2) is 4.37. The molecule has 6 nitrogen and oxygen atoms in total. The van der Waals surface area contributed by atoms with Gasteiger partial charge in [-0.3, -0.25) is 4.57 Å². The van der Waals surface area contributed by atoms with Crippen molar-refractivity contribution < 1.29 is 55.7 Å². The van der Waals surface area contributed by atoms with E-state index in [1.54, 1.807) is 0 Å². The Hall–Kier alpha value is -0.160. The molecule has 0 unspecified atom stereocenters. The van der Waals surface area contributed by atoms with Crippen molar-refractivity contribution in [2.24, 2.45) is 7.05 Å². The van der Waals surface area contributed by atoms with Crippen LogP contribution in [0.1, 0.15) is 5.82 Å². The van der Waals surface area contributed by atoms with Gasteiger partial charge < -0.3 is 4.55 Å². The molecule has 1 aromatic rings. The van der Waals surface area contributed by atoms with Gasteiger partial charge in [-0.25, -0.2) is 8.42 Å². The molecule has 1 heterocycles. The molecule has 0 saturated carbocycles. The Morgan fingerprint density at radius 1 is 1.33 bits per heavy atom. The zero-order valence-corrected chi connectivity index (χ0v) is 10.4. The van der Waals surface area contributed by atoms with Crippen molar-refractivity contribution in [1.29, 1.82) is 0 Å². The van der Waals surface area contributed by atoms with E-state index in [1.807, 2.05) is 0 Å². The summed E-state index contributed by atoms with van der Waals surface area (Å²) in [4.78, 5) is 0. The Balaban J connectivity index is 0.00000196. The summed E-state index contributed by atoms with van der Waals surface area (Å²) in [5.74, 6) is -1.54. The maximum absolute atomic E-state index is 12.0. The average Bonchev–Trinajstić information content (AvgIpc) is 2.26. The van der Waals surface area contributed by atoms with Crippen molar-refractivity contribution in [3.63, 3.8) is 0 Å². The average molecular weight is 253 g/mol. The Morgan fingerprint density at radius 2 is 1.80 bits per heavy atom. The number of alkyl halides is 3. The summed E-state index contributed by atoms with van der Waals surface area (Å²) in [7, 11) is -4.29. The Labute approximate surface area is 105 Å². The number of hydrogen-bond acceptors (Lipinski definition) is 5. The number of halogens is 3. The van der Waals surface area contributed by atoms with Gasteiger partial charge in [-0.1, -0.05) is 0 Å². The Bertz CT molecular complexity index is 453. The Kier molecular flexibility index (Phi) is 4.33. The van der Waals surface area contributed by atoms with Crippen LogP contribution in [0.3, 0.4) is 0 Å². The van der Waals surface area contributed by atoms with Gasteiger partial charge in [0.25, 0.3) is 0 Å². The van der Waals surface area contributed by atoms with E-state index in [-0.39, 0.29) is 34.1 Å². The standard InChI is InChI=1S/C4H4F3N3O3S.Na/c1-10-2(4(5,6)7)8-9-3(10)14(11,12)13;/h1H3,(H,11,12,13);/q;+1/p-1. The minimum atomic E-state index is -5.03. The molecule has 0 aliphatic heterocycles. The van der Waals surface area contributed by atoms with E-state index in [0.717, 1.165) is 7.05 Å². The molecule has 0 aromatic carbocycles. The van der Waals surface area contributed by atoms with Crippen molar-refractivity contribution in [2.75, 3.05) is 0 Å². The summed E-state index contributed by atoms with van der Waals surface area (Å²) >= 11 is 0. The molecular formula is C4H3F3N3NaO3S. The van der Waals surface area contributed by atoms with Crippen LogP contribution in [0.15, 0.2) is 5.16 Å². The topological polar surface area (TPSA) is 87.9 Å². The smallest absolute Gasteiger partial charge is 0.742 e. The monoisotopic (exact) mass is 253 g/mol. The van der Waals surface area contributed by atoms with Gasteiger partial charge >= 0.3 is 35.7 Å². The summed E-state index contributed by atoms with van der Waals surface area (Å²) in [5.41, 5.74) is 0. The quantitative estimate of drug-likeness (QED) is 0.387. The van der Waals surface area contributed by atoms with Crippen molar-refractivity contribution in [3.05, 3.63) is 5.82 Å². The van der Waals surface area contributed by atoms with E-state index in [2.05, 4.69) is 10.2 Å². The van der Waals surface area contributed by atoms with Gasteiger partial charge in [0.1, 0.15) is 0 Å². The molecular weight excluding hydrogens is 250 g/mol. The SMILES string of the molecule is Cn1c(C(F)(F)F)nnc1S(=O)(=O)[O-].[Na+]. The molecule has 0 amide bonds. The third kappa shape index (κ3) is 3.14. The van der Waals surface area contributed by atoms with Crippen molar-refractivity contribution >= 4 is 10.1 Å². The summed E-state index contributed by atoms with van der Waals surface area (Å²) < 4.78 is 67.2. The van der Waals surface area contributed by atoms with Crippen LogP contribution in [-0.4, -0.2) is 27.7 Å². The number of hydrogen-bond donors (Lipinski definition) is 0. The van der Waals surface area contributed by atoms with E-state index in [9.17, 15) is 26.1 Å². The molecule has 0 radical (unpaired) electrons. The first-order valence-electron chi connectivity index (χ1n) is 3.06. The molecule has 0 spiro atoms. The summed E-state index contributed by atoms with van der Waals surface area (Å²) in [5, 5.41) is 3.95. The minimum absolute atomic E-state index is 0. The van der Waals surface area contributed by atoms with Gasteiger partial charge in [0.05, 0.1) is 0 Å². The fourth-order valence-corrected chi connectivity index (χ4v) is 1.34. The first kappa shape index (κ1) is 14.8. The summed E-state index contributed by atoms with van der Waals surface area (Å²) in [6, 6.07) is 0. The normalized spacial score (nSPS) is 12.3. The largest absolute Gasteiger partial charge is 1.00 e. The fraction of sp³-hybridized carbons (Fsp3) is 0.500. The third-order valence-electron chi connectivity index (χ3n) is 1.31. The maximum atomic E-state index is 12.0. The first-order chi connectivity index (χ1) is 6.14. The van der Waals surface area contributed by atoms with Gasteiger partial charge in [0.2, 0.25) is 11.0 Å². The minimum Gasteiger partial charge on any atom is -0.742 e. The van der Waals surface area contributed by atoms with Crippen LogP contribution < -0.4 is 29.6 Å². The van der Waals surface area contributed by atoms with Gasteiger partial charge in [-0.05, 0) is 0 Å². The fourth-order valence-electron chi connectivity index (χ4n) is 0.779. The molecule has 0 saturated heterocycles. The van der Waals surface area contributed by atoms with E-state index in [4.69, 9.17) is 0 Å². The molecule has 1 rings (SSSR count). The van der Waals surface area contributed by atoms with Gasteiger partial charge in [0, 0.05) is 7.05 Å². The molecule has 15 heavy (non-hydrogen) atoms. The van der Waals surface area contributed by atoms with Crippen LogP contribution in [0.2, 0.25) is 0 Å². The first-order valence-corrected chi connectivity index (χ1v) is 4.47. The zero-order valence-electron chi connectivity index (χ0n) is 7.61. The number of nitrogens with zero attached hydrogens (tertiary/aromatic N) is 3. The molecule has 0 N–H and O–H groups in total. The van der Waals surface area contributed by atoms with Crippen LogP contribution in [-0.2, 0) is 23.3 Å². The molecule has 0 aliphatic rings. The number of aromatic nitrogens is 3. The maximum Gasteiger partial charge on any atom is 1.00 e. The second-order valence-corrected chi connectivity index (χ2v) is 3.59. The van der Waals surface area contributed by atoms with E-state index >= 15 is 0 Å². The van der Waals surface area contributed by atoms with Gasteiger partial charge in [-0.2, -0.15) is 13.2 Å². The predicted octanol–water partition coefficient (Wildman–Crippen LogP) is -3.26. The predicted molar refractivity (Wildman–Crippen MR) is 34.0 cm³/mol. The molecule has 80 valence electrons. The van der Waals surface area contributed by atoms with Crippen LogP contribution in [0.4, 0.5) is 13.2 Å². The molecule has 0 atom stereocenters. The molecule has 11 heteroatoms. The van der Waals surface area contributed by atoms with Crippen LogP contribution in [0.5, 0.6) is 0 Å². The van der Waals surface area contributed by atoms with Crippen molar-refractivity contribution in [1.82, 2.24) is 14.8 Å². The van der Waals surface area contributed by atoms with E-state index < -0.39 is 27.3 Å². The van der Waals surface area contributed by atoms with Gasteiger partial charge in [-0.15, -0.1) is 10.2 Å². The second-order valence-electron chi connectivity index (χ2n) is 2.32. The van der Waals surface area contributed by atoms with Crippen molar-refractivity contribution in [2.45, 2.75) is 11.3 Å². The van der Waals surface area contributed by atoms with Crippen molar-refractivity contribution in [3.8, 4) is 0 Å². The van der Waals surface area contributed by atoms with Gasteiger partial charge in [0.15, 0.2) is 10.1 Å². The van der Waals surface area contributed by atoms with Crippen LogP contribution in [0, 0.1) is 0 Å². The number of rotatable bonds is 1. The summed E-state index contributed by atoms with van der Waals surface area (Å²) in [6.07, 6.45) is -4.84. The van der Waals surface area contributed by atoms with E-state index in [0.29, 0.717) is 0 Å². The van der Waals surface area contributed by atoms with Crippen LogP contribution >= 0.6 is 0 Å². The molecule has 0 fully saturated rings. The van der Waals surface area contributed by atoms with E-state index in [1.165, 1.54) is 0 Å². The molecule has 1 aromatic heterocycles. The molecule has 0 bridgehead atoms. The molecule has 0 aliphatic carbocycles.